The number of ether oxygens (including phenoxy) is 1. The SMILES string of the molecule is COc1cc(/C=N/NC(=O)c2cc(C)[nH]n2)c(Br)c(Br)c1O. The van der Waals surface area contributed by atoms with Crippen LogP contribution in [0, 0.1) is 6.92 Å². The van der Waals surface area contributed by atoms with Crippen molar-refractivity contribution in [2.75, 3.05) is 7.11 Å². The van der Waals surface area contributed by atoms with Gasteiger partial charge in [0.2, 0.25) is 0 Å². The molecule has 3 N–H and O–H groups in total. The molecule has 2 rings (SSSR count). The van der Waals surface area contributed by atoms with Crippen LogP contribution in [-0.2, 0) is 0 Å². The first-order valence-corrected chi connectivity index (χ1v) is 7.63. The number of hydrogen-bond acceptors (Lipinski definition) is 5. The lowest BCUT2D eigenvalue weighted by atomic mass is 10.2. The van der Waals surface area contributed by atoms with Gasteiger partial charge in [0.1, 0.15) is 0 Å². The fourth-order valence-electron chi connectivity index (χ4n) is 1.61. The molecule has 1 aromatic heterocycles. The number of phenols is 1. The molecule has 0 bridgehead atoms. The molecule has 0 spiro atoms. The van der Waals surface area contributed by atoms with E-state index in [9.17, 15) is 9.90 Å². The van der Waals surface area contributed by atoms with Crippen LogP contribution in [0.25, 0.3) is 0 Å². The summed E-state index contributed by atoms with van der Waals surface area (Å²) in [6.07, 6.45) is 1.42. The molecule has 0 unspecified atom stereocenters. The fraction of sp³-hybridized carbons (Fsp3) is 0.154. The van der Waals surface area contributed by atoms with Gasteiger partial charge >= 0.3 is 0 Å². The van der Waals surface area contributed by atoms with Crippen LogP contribution in [0.4, 0.5) is 0 Å². The Labute approximate surface area is 143 Å². The van der Waals surface area contributed by atoms with Crippen molar-refractivity contribution < 1.29 is 14.6 Å². The Bertz CT molecular complexity index is 743. The van der Waals surface area contributed by atoms with Gasteiger partial charge in [-0.05, 0) is 50.9 Å². The van der Waals surface area contributed by atoms with Crippen molar-refractivity contribution in [3.05, 3.63) is 38.0 Å². The molecule has 1 heterocycles. The molecule has 22 heavy (non-hydrogen) atoms. The molecule has 0 saturated carbocycles. The number of hydrogen-bond donors (Lipinski definition) is 3. The molecule has 0 fully saturated rings. The molecule has 9 heteroatoms. The Morgan fingerprint density at radius 2 is 2.18 bits per heavy atom. The summed E-state index contributed by atoms with van der Waals surface area (Å²) in [5.41, 5.74) is 4.01. The summed E-state index contributed by atoms with van der Waals surface area (Å²) in [4.78, 5) is 11.8. The second-order valence-corrected chi connectivity index (χ2v) is 5.87. The topological polar surface area (TPSA) is 99.6 Å². The predicted octanol–water partition coefficient (Wildman–Crippen LogP) is 2.72. The second kappa shape index (κ2) is 6.93. The molecular formula is C13H12Br2N4O3. The van der Waals surface area contributed by atoms with E-state index in [-0.39, 0.29) is 17.2 Å². The number of carbonyl (C=O) groups excluding carboxylic acids is 1. The Morgan fingerprint density at radius 3 is 2.77 bits per heavy atom. The van der Waals surface area contributed by atoms with Crippen molar-refractivity contribution in [1.29, 1.82) is 0 Å². The lowest BCUT2D eigenvalue weighted by molar-refractivity contribution is 0.0950. The average molecular weight is 432 g/mol. The van der Waals surface area contributed by atoms with Gasteiger partial charge in [-0.1, -0.05) is 0 Å². The van der Waals surface area contributed by atoms with Gasteiger partial charge in [0, 0.05) is 15.7 Å². The number of methoxy groups -OCH3 is 1. The smallest absolute Gasteiger partial charge is 0.291 e. The molecule has 1 aromatic carbocycles. The summed E-state index contributed by atoms with van der Waals surface area (Å²) in [7, 11) is 1.44. The van der Waals surface area contributed by atoms with Crippen molar-refractivity contribution in [3.63, 3.8) is 0 Å². The molecule has 0 aliphatic heterocycles. The third-order valence-corrected chi connectivity index (χ3v) is 4.86. The lowest BCUT2D eigenvalue weighted by Crippen LogP contribution is -2.18. The standard InChI is InChI=1S/C13H12Br2N4O3/c1-6-3-8(18-17-6)13(21)19-16-5-7-4-9(22-2)12(20)11(15)10(7)14/h3-5,20H,1-2H3,(H,17,18)(H,19,21)/b16-5+. The van der Waals surface area contributed by atoms with Gasteiger partial charge in [-0.15, -0.1) is 0 Å². The largest absolute Gasteiger partial charge is 0.503 e. The summed E-state index contributed by atoms with van der Waals surface area (Å²) in [5.74, 6) is -0.171. The molecule has 1 amide bonds. The van der Waals surface area contributed by atoms with Crippen LogP contribution in [0.5, 0.6) is 11.5 Å². The fourth-order valence-corrected chi connectivity index (χ4v) is 2.44. The minimum absolute atomic E-state index is 0.0254. The quantitative estimate of drug-likeness (QED) is 0.511. The third kappa shape index (κ3) is 3.47. The number of aromatic hydroxyl groups is 1. The number of aromatic amines is 1. The van der Waals surface area contributed by atoms with Crippen molar-refractivity contribution in [1.82, 2.24) is 15.6 Å². The molecule has 116 valence electrons. The summed E-state index contributed by atoms with van der Waals surface area (Å²) < 4.78 is 6.07. The van der Waals surface area contributed by atoms with Crippen LogP contribution in [0.1, 0.15) is 21.7 Å². The van der Waals surface area contributed by atoms with Crippen LogP contribution in [-0.4, -0.2) is 34.5 Å². The van der Waals surface area contributed by atoms with Crippen LogP contribution in [0.2, 0.25) is 0 Å². The van der Waals surface area contributed by atoms with Crippen LogP contribution in [0.3, 0.4) is 0 Å². The molecule has 7 nitrogen and oxygen atoms in total. The Balaban J connectivity index is 2.17. The highest BCUT2D eigenvalue weighted by molar-refractivity contribution is 9.13. The van der Waals surface area contributed by atoms with Gasteiger partial charge < -0.3 is 9.84 Å². The number of H-pyrrole nitrogens is 1. The zero-order valence-corrected chi connectivity index (χ0v) is 14.8. The van der Waals surface area contributed by atoms with E-state index >= 15 is 0 Å². The highest BCUT2D eigenvalue weighted by Crippen LogP contribution is 2.41. The molecule has 0 saturated heterocycles. The number of amides is 1. The minimum atomic E-state index is -0.429. The highest BCUT2D eigenvalue weighted by atomic mass is 79.9. The summed E-state index contributed by atoms with van der Waals surface area (Å²) in [6.45, 7) is 1.80. The Hall–Kier alpha value is -1.87. The molecule has 2 aromatic rings. The molecule has 0 radical (unpaired) electrons. The molecule has 0 atom stereocenters. The first kappa shape index (κ1) is 16.5. The highest BCUT2D eigenvalue weighted by Gasteiger charge is 2.14. The number of rotatable bonds is 4. The van der Waals surface area contributed by atoms with Gasteiger partial charge in [0.15, 0.2) is 17.2 Å². The number of nitrogens with one attached hydrogen (secondary N) is 2. The first-order valence-electron chi connectivity index (χ1n) is 6.04. The van der Waals surface area contributed by atoms with Crippen molar-refractivity contribution in [3.8, 4) is 11.5 Å². The molecular weight excluding hydrogens is 420 g/mol. The first-order chi connectivity index (χ1) is 10.4. The number of aromatic nitrogens is 2. The Morgan fingerprint density at radius 1 is 1.45 bits per heavy atom. The van der Waals surface area contributed by atoms with E-state index in [0.717, 1.165) is 5.69 Å². The van der Waals surface area contributed by atoms with E-state index in [4.69, 9.17) is 4.74 Å². The second-order valence-electron chi connectivity index (χ2n) is 4.28. The number of halogens is 2. The van der Waals surface area contributed by atoms with Crippen LogP contribution in [0.15, 0.2) is 26.2 Å². The van der Waals surface area contributed by atoms with E-state index in [1.807, 2.05) is 0 Å². The maximum atomic E-state index is 11.8. The number of aryl methyl sites for hydroxylation is 1. The number of benzene rings is 1. The summed E-state index contributed by atoms with van der Waals surface area (Å²) in [6, 6.07) is 3.19. The Kier molecular flexibility index (Phi) is 5.19. The summed E-state index contributed by atoms with van der Waals surface area (Å²) in [5, 5.41) is 20.2. The number of carbonyl (C=O) groups is 1. The summed E-state index contributed by atoms with van der Waals surface area (Å²) >= 11 is 6.57. The van der Waals surface area contributed by atoms with Crippen molar-refractivity contribution >= 4 is 44.0 Å². The number of nitrogens with zero attached hydrogens (tertiary/aromatic N) is 2. The van der Waals surface area contributed by atoms with Gasteiger partial charge in [-0.2, -0.15) is 10.2 Å². The van der Waals surface area contributed by atoms with Gasteiger partial charge in [-0.25, -0.2) is 5.43 Å². The predicted molar refractivity (Wildman–Crippen MR) is 88.4 cm³/mol. The van der Waals surface area contributed by atoms with Gasteiger partial charge in [0.05, 0.1) is 17.8 Å². The van der Waals surface area contributed by atoms with Crippen LogP contribution < -0.4 is 10.2 Å². The van der Waals surface area contributed by atoms with E-state index in [1.54, 1.807) is 19.1 Å². The van der Waals surface area contributed by atoms with E-state index < -0.39 is 5.91 Å². The maximum Gasteiger partial charge on any atom is 0.291 e. The number of phenolic OH excluding ortho intramolecular Hbond substituents is 1. The van der Waals surface area contributed by atoms with E-state index in [0.29, 0.717) is 14.5 Å². The van der Waals surface area contributed by atoms with Crippen molar-refractivity contribution in [2.45, 2.75) is 6.92 Å². The van der Waals surface area contributed by atoms with Crippen molar-refractivity contribution in [2.24, 2.45) is 5.10 Å². The van der Waals surface area contributed by atoms with Crippen LogP contribution >= 0.6 is 31.9 Å². The molecule has 0 aliphatic carbocycles. The van der Waals surface area contributed by atoms with E-state index in [2.05, 4.69) is 52.6 Å². The zero-order valence-electron chi connectivity index (χ0n) is 11.6. The zero-order chi connectivity index (χ0) is 16.3. The number of hydrazone groups is 1. The maximum absolute atomic E-state index is 11.8. The monoisotopic (exact) mass is 430 g/mol. The third-order valence-electron chi connectivity index (χ3n) is 2.70. The average Bonchev–Trinajstić information content (AvgIpc) is 2.93. The minimum Gasteiger partial charge on any atom is -0.503 e. The van der Waals surface area contributed by atoms with Gasteiger partial charge in [-0.3, -0.25) is 9.89 Å². The normalized spacial score (nSPS) is 10.9. The van der Waals surface area contributed by atoms with E-state index in [1.165, 1.54) is 13.3 Å². The van der Waals surface area contributed by atoms with Gasteiger partial charge in [0.25, 0.3) is 5.91 Å². The lowest BCUT2D eigenvalue weighted by Gasteiger charge is -2.09. The molecule has 0 aliphatic rings.